The molecule has 3 saturated heterocycles. The van der Waals surface area contributed by atoms with Crippen LogP contribution in [0, 0.1) is 11.8 Å². The maximum atomic E-state index is 13.5. The van der Waals surface area contributed by atoms with Crippen LogP contribution in [0.1, 0.15) is 46.5 Å². The molecule has 0 aliphatic carbocycles. The van der Waals surface area contributed by atoms with Crippen molar-refractivity contribution in [2.75, 3.05) is 0 Å². The van der Waals surface area contributed by atoms with Gasteiger partial charge in [0.1, 0.15) is 0 Å². The summed E-state index contributed by atoms with van der Waals surface area (Å²) in [6.45, 7) is 4.19. The summed E-state index contributed by atoms with van der Waals surface area (Å²) in [5.74, 6) is -3.57. The van der Waals surface area contributed by atoms with E-state index in [2.05, 4.69) is 4.74 Å². The number of aliphatic hydroxyl groups is 1. The Hall–Kier alpha value is -1.51. The van der Waals surface area contributed by atoms with Gasteiger partial charge in [-0.15, -0.1) is 11.8 Å². The van der Waals surface area contributed by atoms with Crippen LogP contribution < -0.4 is 0 Å². The van der Waals surface area contributed by atoms with Gasteiger partial charge in [0.2, 0.25) is 0 Å². The zero-order valence-corrected chi connectivity index (χ0v) is 19.7. The molecule has 10 nitrogen and oxygen atoms in total. The summed E-state index contributed by atoms with van der Waals surface area (Å²) in [5, 5.41) is 5.72. The summed E-state index contributed by atoms with van der Waals surface area (Å²) < 4.78 is 72.1. The molecule has 2 bridgehead atoms. The highest BCUT2D eigenvalue weighted by molar-refractivity contribution is 8.01. The molecule has 3 aliphatic rings. The fourth-order valence-electron chi connectivity index (χ4n) is 4.77. The van der Waals surface area contributed by atoms with E-state index in [9.17, 15) is 36.7 Å². The van der Waals surface area contributed by atoms with Gasteiger partial charge in [0.25, 0.3) is 0 Å². The van der Waals surface area contributed by atoms with E-state index in [1.165, 1.54) is 11.8 Å². The molecule has 3 rings (SSSR count). The Balaban J connectivity index is 1.60. The van der Waals surface area contributed by atoms with Crippen molar-refractivity contribution in [1.82, 2.24) is 0 Å². The Morgan fingerprint density at radius 1 is 1.18 bits per heavy atom. The summed E-state index contributed by atoms with van der Waals surface area (Å²) in [5.41, 5.74) is -1.14. The lowest BCUT2D eigenvalue weighted by Gasteiger charge is -2.40. The summed E-state index contributed by atoms with van der Waals surface area (Å²) in [7, 11) is -5.80. The van der Waals surface area contributed by atoms with E-state index >= 15 is 0 Å². The summed E-state index contributed by atoms with van der Waals surface area (Å²) in [6.07, 6.45) is -4.42. The molecule has 7 unspecified atom stereocenters. The van der Waals surface area contributed by atoms with E-state index < -0.39 is 81.9 Å². The number of alkyl halides is 2. The predicted octanol–water partition coefficient (Wildman–Crippen LogP) is 1.30. The van der Waals surface area contributed by atoms with Gasteiger partial charge in [-0.1, -0.05) is 13.8 Å². The maximum absolute atomic E-state index is 13.5. The normalized spacial score (nSPS) is 31.9. The van der Waals surface area contributed by atoms with Crippen LogP contribution in [-0.4, -0.2) is 75.7 Å². The van der Waals surface area contributed by atoms with Crippen LogP contribution in [0.15, 0.2) is 0 Å². The average Bonchev–Trinajstić information content (AvgIpc) is 3.34. The standard InChI is InChI=1S/C19H26F2O10S2/c1-4-18(25,5-2)12-11-15-13(31-17(11)24)14(16(12)32-15)30-10(23)7-6-9(22)29-8(3)19(20,21)33(26,27)28/h8,11-16,25H,4-7H2,1-3H3,(H,26,27,28). The van der Waals surface area contributed by atoms with Gasteiger partial charge in [-0.2, -0.15) is 17.2 Å². The molecule has 2 N–H and O–H groups in total. The minimum atomic E-state index is -5.80. The fraction of sp³-hybridized carbons (Fsp3) is 0.842. The van der Waals surface area contributed by atoms with Crippen LogP contribution in [0.2, 0.25) is 0 Å². The molecule has 0 aromatic heterocycles. The van der Waals surface area contributed by atoms with Crippen molar-refractivity contribution in [2.24, 2.45) is 11.8 Å². The second-order valence-electron chi connectivity index (χ2n) is 8.45. The van der Waals surface area contributed by atoms with Crippen LogP contribution in [-0.2, 0) is 38.7 Å². The van der Waals surface area contributed by atoms with Crippen molar-refractivity contribution in [3.05, 3.63) is 0 Å². The fourth-order valence-corrected chi connectivity index (χ4v) is 7.37. The quantitative estimate of drug-likeness (QED) is 0.245. The van der Waals surface area contributed by atoms with Crippen LogP contribution in [0.4, 0.5) is 8.78 Å². The van der Waals surface area contributed by atoms with Crippen LogP contribution >= 0.6 is 11.8 Å². The van der Waals surface area contributed by atoms with Crippen molar-refractivity contribution in [3.63, 3.8) is 0 Å². The third-order valence-corrected chi connectivity index (χ3v) is 9.45. The minimum Gasteiger partial charge on any atom is -0.457 e. The van der Waals surface area contributed by atoms with Crippen LogP contribution in [0.3, 0.4) is 0 Å². The molecule has 7 atom stereocenters. The molecule has 3 aliphatic heterocycles. The van der Waals surface area contributed by atoms with Crippen molar-refractivity contribution in [1.29, 1.82) is 0 Å². The highest BCUT2D eigenvalue weighted by Crippen LogP contribution is 2.62. The number of ether oxygens (including phenoxy) is 3. The first-order chi connectivity index (χ1) is 15.2. The topological polar surface area (TPSA) is 154 Å². The molecule has 0 radical (unpaired) electrons. The van der Waals surface area contributed by atoms with E-state index in [0.717, 1.165) is 0 Å². The first-order valence-electron chi connectivity index (χ1n) is 10.5. The lowest BCUT2D eigenvalue weighted by molar-refractivity contribution is -0.165. The summed E-state index contributed by atoms with van der Waals surface area (Å²) in [6, 6.07) is 0. The smallest absolute Gasteiger partial charge is 0.405 e. The zero-order valence-electron chi connectivity index (χ0n) is 18.1. The average molecular weight is 517 g/mol. The van der Waals surface area contributed by atoms with Crippen LogP contribution in [0.25, 0.3) is 0 Å². The van der Waals surface area contributed by atoms with E-state index in [0.29, 0.717) is 19.8 Å². The number of carbonyl (C=O) groups excluding carboxylic acids is 3. The Labute approximate surface area is 193 Å². The van der Waals surface area contributed by atoms with Gasteiger partial charge in [0, 0.05) is 5.92 Å². The van der Waals surface area contributed by atoms with Crippen molar-refractivity contribution in [2.45, 2.75) is 86.1 Å². The summed E-state index contributed by atoms with van der Waals surface area (Å²) in [4.78, 5) is 36.5. The Kier molecular flexibility index (Phi) is 7.06. The monoisotopic (exact) mass is 516 g/mol. The molecule has 33 heavy (non-hydrogen) atoms. The molecule has 0 amide bonds. The van der Waals surface area contributed by atoms with Gasteiger partial charge >= 0.3 is 33.3 Å². The molecule has 188 valence electrons. The molecule has 0 aromatic carbocycles. The van der Waals surface area contributed by atoms with Crippen molar-refractivity contribution in [3.8, 4) is 0 Å². The Morgan fingerprint density at radius 2 is 1.76 bits per heavy atom. The predicted molar refractivity (Wildman–Crippen MR) is 109 cm³/mol. The molecule has 0 spiro atoms. The van der Waals surface area contributed by atoms with E-state index in [1.807, 2.05) is 0 Å². The molecule has 14 heteroatoms. The third-order valence-electron chi connectivity index (χ3n) is 6.68. The number of halogens is 2. The molecule has 3 heterocycles. The maximum Gasteiger partial charge on any atom is 0.405 e. The number of carbonyl (C=O) groups is 3. The Morgan fingerprint density at radius 3 is 2.30 bits per heavy atom. The lowest BCUT2D eigenvalue weighted by atomic mass is 9.67. The highest BCUT2D eigenvalue weighted by atomic mass is 32.2. The first-order valence-corrected chi connectivity index (χ1v) is 12.9. The number of rotatable bonds is 10. The molecular weight excluding hydrogens is 490 g/mol. The number of fused-ring (bicyclic) bond motifs is 1. The second kappa shape index (κ2) is 8.93. The van der Waals surface area contributed by atoms with Gasteiger partial charge in [0.15, 0.2) is 18.3 Å². The third kappa shape index (κ3) is 4.46. The number of hydrogen-bond acceptors (Lipinski definition) is 10. The van der Waals surface area contributed by atoms with Gasteiger partial charge < -0.3 is 19.3 Å². The SMILES string of the molecule is CCC(O)(CC)C1C2SC3C(OC(=O)C31)C2OC(=O)CCC(=O)OC(C)C(F)(F)S(=O)(=O)O. The molecule has 0 saturated carbocycles. The second-order valence-corrected chi connectivity index (χ2v) is 11.3. The lowest BCUT2D eigenvalue weighted by Crippen LogP contribution is -2.53. The van der Waals surface area contributed by atoms with Gasteiger partial charge in [0.05, 0.1) is 34.9 Å². The van der Waals surface area contributed by atoms with Crippen molar-refractivity contribution < 1.29 is 55.5 Å². The van der Waals surface area contributed by atoms with Crippen molar-refractivity contribution >= 4 is 39.8 Å². The van der Waals surface area contributed by atoms with E-state index in [-0.39, 0.29) is 10.5 Å². The number of esters is 3. The van der Waals surface area contributed by atoms with Gasteiger partial charge in [-0.25, -0.2) is 0 Å². The van der Waals surface area contributed by atoms with E-state index in [1.54, 1.807) is 13.8 Å². The molecule has 3 fully saturated rings. The highest BCUT2D eigenvalue weighted by Gasteiger charge is 2.72. The largest absolute Gasteiger partial charge is 0.457 e. The number of thioether (sulfide) groups is 1. The number of hydrogen-bond donors (Lipinski definition) is 2. The summed E-state index contributed by atoms with van der Waals surface area (Å²) >= 11 is 1.43. The van der Waals surface area contributed by atoms with Gasteiger partial charge in [-0.3, -0.25) is 18.9 Å². The first kappa shape index (κ1) is 26.1. The zero-order chi connectivity index (χ0) is 24.9. The molecular formula is C19H26F2O10S2. The minimum absolute atomic E-state index is 0.261. The van der Waals surface area contributed by atoms with Gasteiger partial charge in [-0.05, 0) is 19.8 Å². The Bertz CT molecular complexity index is 920. The van der Waals surface area contributed by atoms with E-state index in [4.69, 9.17) is 14.0 Å². The molecule has 0 aromatic rings. The van der Waals surface area contributed by atoms with Crippen LogP contribution in [0.5, 0.6) is 0 Å².